The quantitative estimate of drug-likeness (QED) is 0.0784. The van der Waals surface area contributed by atoms with Crippen molar-refractivity contribution >= 4 is 34.6 Å². The predicted molar refractivity (Wildman–Crippen MR) is 143 cm³/mol. The Bertz CT molecular complexity index is 1570. The highest BCUT2D eigenvalue weighted by Crippen LogP contribution is 2.36. The molecule has 0 saturated carbocycles. The lowest BCUT2D eigenvalue weighted by molar-refractivity contribution is -0.132. The number of benzene rings is 2. The number of ether oxygens (including phenoxy) is 1. The van der Waals surface area contributed by atoms with Crippen molar-refractivity contribution in [2.75, 3.05) is 0 Å². The molecule has 0 radical (unpaired) electrons. The third-order valence-corrected chi connectivity index (χ3v) is 7.05. The number of halogens is 6. The average molecular weight is 599 g/mol. The van der Waals surface area contributed by atoms with Gasteiger partial charge >= 0.3 is 5.97 Å². The van der Waals surface area contributed by atoms with Crippen LogP contribution in [-0.2, 0) is 11.3 Å². The molecule has 0 spiro atoms. The summed E-state index contributed by atoms with van der Waals surface area (Å²) in [4.78, 5) is 16.5. The number of aromatic nitrogens is 3. The van der Waals surface area contributed by atoms with Crippen molar-refractivity contribution < 1.29 is 31.5 Å². The number of carbonyl (C=O) groups excluding carboxylic acids is 1. The van der Waals surface area contributed by atoms with Crippen molar-refractivity contribution in [3.63, 3.8) is 0 Å². The molecule has 0 N–H and O–H groups in total. The number of fused-ring (bicyclic) bond motifs is 3. The van der Waals surface area contributed by atoms with Gasteiger partial charge in [-0.1, -0.05) is 37.6 Å². The fourth-order valence-corrected chi connectivity index (χ4v) is 5.06. The summed E-state index contributed by atoms with van der Waals surface area (Å²) in [6, 6.07) is 7.86. The molecule has 4 aromatic rings. The first-order valence-electron chi connectivity index (χ1n) is 11.9. The molecule has 0 saturated heterocycles. The zero-order valence-electron chi connectivity index (χ0n) is 22.3. The summed E-state index contributed by atoms with van der Waals surface area (Å²) in [6.07, 6.45) is 0. The van der Waals surface area contributed by atoms with Crippen LogP contribution in [0.15, 0.2) is 29.3 Å². The van der Waals surface area contributed by atoms with Gasteiger partial charge in [0, 0.05) is 28.0 Å². The number of aryl methyl sites for hydroxylation is 2. The Morgan fingerprint density at radius 3 is 2.02 bits per heavy atom. The molecule has 5 rings (SSSR count). The highest BCUT2D eigenvalue weighted by molar-refractivity contribution is 7.15. The number of esters is 1. The van der Waals surface area contributed by atoms with Gasteiger partial charge in [0.25, 0.3) is 0 Å². The molecule has 212 valence electrons. The number of rotatable bonds is 2. The Morgan fingerprint density at radius 1 is 0.925 bits per heavy atom. The Balaban J connectivity index is 0.000000226. The van der Waals surface area contributed by atoms with Gasteiger partial charge in [-0.15, -0.1) is 21.5 Å². The van der Waals surface area contributed by atoms with Crippen LogP contribution < -0.4 is 4.74 Å². The van der Waals surface area contributed by atoms with Crippen LogP contribution in [0.2, 0.25) is 5.02 Å². The van der Waals surface area contributed by atoms with Crippen molar-refractivity contribution in [2.24, 2.45) is 4.99 Å². The van der Waals surface area contributed by atoms with Crippen LogP contribution >= 0.6 is 22.9 Å². The van der Waals surface area contributed by atoms with Gasteiger partial charge in [-0.25, -0.2) is 13.2 Å². The normalized spacial score (nSPS) is 11.7. The van der Waals surface area contributed by atoms with Gasteiger partial charge < -0.3 is 4.74 Å². The molecule has 0 bridgehead atoms. The first-order valence-corrected chi connectivity index (χ1v) is 13.1. The number of nitrogens with zero attached hydrogens (tertiary/aromatic N) is 4. The van der Waals surface area contributed by atoms with Crippen LogP contribution in [0.5, 0.6) is 5.75 Å². The topological polar surface area (TPSA) is 69.4 Å². The smallest absolute Gasteiger partial charge is 0.308 e. The summed E-state index contributed by atoms with van der Waals surface area (Å²) in [7, 11) is 0. The minimum Gasteiger partial charge on any atom is -0.420 e. The van der Waals surface area contributed by atoms with Crippen molar-refractivity contribution in [2.45, 2.75) is 48.1 Å². The molecule has 0 fully saturated rings. The zero-order chi connectivity index (χ0) is 29.9. The van der Waals surface area contributed by atoms with Crippen molar-refractivity contribution in [3.05, 3.63) is 91.6 Å². The summed E-state index contributed by atoms with van der Waals surface area (Å²) in [5.74, 6) is -12.0. The number of thiophene rings is 1. The van der Waals surface area contributed by atoms with Crippen LogP contribution in [0.4, 0.5) is 22.0 Å². The lowest BCUT2D eigenvalue weighted by Gasteiger charge is -2.09. The monoisotopic (exact) mass is 598 g/mol. The van der Waals surface area contributed by atoms with E-state index in [-0.39, 0.29) is 0 Å². The number of hydrogen-bond donors (Lipinski definition) is 0. The van der Waals surface area contributed by atoms with E-state index >= 15 is 0 Å². The molecule has 6 nitrogen and oxygen atoms in total. The zero-order valence-corrected chi connectivity index (χ0v) is 23.9. The molecule has 2 aromatic heterocycles. The van der Waals surface area contributed by atoms with Crippen molar-refractivity contribution in [1.29, 1.82) is 0 Å². The minimum atomic E-state index is -2.30. The van der Waals surface area contributed by atoms with Gasteiger partial charge in [0.2, 0.25) is 34.8 Å². The second kappa shape index (κ2) is 12.7. The maximum atomic E-state index is 12.8. The molecule has 0 atom stereocenters. The molecule has 13 heteroatoms. The Morgan fingerprint density at radius 2 is 1.48 bits per heavy atom. The largest absolute Gasteiger partial charge is 0.420 e. The molecular formula is C27H24ClF5N4O2S. The minimum absolute atomic E-state index is 0.526. The number of hydrogen-bond acceptors (Lipinski definition) is 6. The average Bonchev–Trinajstić information content (AvgIpc) is 3.38. The van der Waals surface area contributed by atoms with E-state index < -0.39 is 40.8 Å². The highest BCUT2D eigenvalue weighted by Gasteiger charge is 2.28. The second-order valence-electron chi connectivity index (χ2n) is 8.13. The van der Waals surface area contributed by atoms with E-state index in [2.05, 4.69) is 33.3 Å². The molecule has 3 heterocycles. The second-order valence-corrected chi connectivity index (χ2v) is 9.77. The van der Waals surface area contributed by atoms with E-state index in [4.69, 9.17) is 16.6 Å². The Labute approximate surface area is 236 Å². The molecule has 2 aromatic carbocycles. The molecule has 1 aliphatic rings. The van der Waals surface area contributed by atoms with Gasteiger partial charge in [-0.2, -0.15) is 8.78 Å². The van der Waals surface area contributed by atoms with Gasteiger partial charge in [-0.05, 0) is 38.5 Å². The third kappa shape index (κ3) is 5.92. The summed E-state index contributed by atoms with van der Waals surface area (Å²) >= 11 is 7.80. The van der Waals surface area contributed by atoms with E-state index in [0.717, 1.165) is 39.9 Å². The third-order valence-electron chi connectivity index (χ3n) is 5.61. The van der Waals surface area contributed by atoms with Crippen molar-refractivity contribution in [1.82, 2.24) is 14.8 Å². The molecule has 0 amide bonds. The Kier molecular flexibility index (Phi) is 9.80. The summed E-state index contributed by atoms with van der Waals surface area (Å²) in [6.45, 7) is 11.6. The lowest BCUT2D eigenvalue weighted by atomic mass is 10.00. The summed E-state index contributed by atoms with van der Waals surface area (Å²) < 4.78 is 69.0. The molecule has 0 unspecified atom stereocenters. The molecule has 0 aliphatic carbocycles. The van der Waals surface area contributed by atoms with E-state index in [0.29, 0.717) is 6.54 Å². The van der Waals surface area contributed by atoms with Crippen LogP contribution in [0.25, 0.3) is 5.00 Å². The van der Waals surface area contributed by atoms with Crippen LogP contribution in [-0.4, -0.2) is 26.4 Å². The van der Waals surface area contributed by atoms with E-state index in [1.165, 1.54) is 16.0 Å². The van der Waals surface area contributed by atoms with Crippen LogP contribution in [0.3, 0.4) is 0 Å². The van der Waals surface area contributed by atoms with Crippen LogP contribution in [0, 0.1) is 49.9 Å². The van der Waals surface area contributed by atoms with Gasteiger partial charge in [0.1, 0.15) is 17.4 Å². The predicted octanol–water partition coefficient (Wildman–Crippen LogP) is 7.59. The van der Waals surface area contributed by atoms with Gasteiger partial charge in [-0.3, -0.25) is 14.4 Å². The number of aliphatic imine (C=N–C) groups is 1. The Hall–Kier alpha value is -3.64. The maximum Gasteiger partial charge on any atom is 0.308 e. The van der Waals surface area contributed by atoms with E-state index in [9.17, 15) is 26.7 Å². The lowest BCUT2D eigenvalue weighted by Crippen LogP contribution is -2.10. The summed E-state index contributed by atoms with van der Waals surface area (Å²) in [5, 5.41) is 10.4. The first-order chi connectivity index (χ1) is 18.9. The van der Waals surface area contributed by atoms with Gasteiger partial charge in [0.15, 0.2) is 5.82 Å². The summed E-state index contributed by atoms with van der Waals surface area (Å²) in [5.41, 5.74) is 4.52. The molecular weight excluding hydrogens is 575 g/mol. The van der Waals surface area contributed by atoms with Gasteiger partial charge in [0.05, 0.1) is 5.71 Å². The standard InChI is InChI=1S/C17H15ClN4S.C8H3F5O2.C2H6/c1-9-10(2)23-17-15(9)16(12-4-6-13(18)7-5-12)19-8-14-21-20-11(3)22(14)17;1-2(14)15-8-6(12)4(10)3(9)5(11)7(8)13;1-2/h4-7H,8H2,1-3H3;1H3;1-2H3. The maximum absolute atomic E-state index is 12.8. The highest BCUT2D eigenvalue weighted by atomic mass is 35.5. The van der Waals surface area contributed by atoms with Crippen molar-refractivity contribution in [3.8, 4) is 10.8 Å². The molecule has 1 aliphatic heterocycles. The first kappa shape index (κ1) is 30.9. The van der Waals surface area contributed by atoms with E-state index in [1.807, 2.05) is 45.0 Å². The van der Waals surface area contributed by atoms with E-state index in [1.54, 1.807) is 11.3 Å². The fourth-order valence-electron chi connectivity index (χ4n) is 3.71. The number of carbonyl (C=O) groups is 1. The fraction of sp³-hybridized carbons (Fsp3) is 0.259. The van der Waals surface area contributed by atoms with Crippen LogP contribution in [0.1, 0.15) is 54.0 Å². The SMILES string of the molecule is CC.CC(=O)Oc1c(F)c(F)c(F)c(F)c1F.Cc1sc2c(c1C)C(c1ccc(Cl)cc1)=NCc1nnc(C)n1-2. The molecule has 40 heavy (non-hydrogen) atoms.